The van der Waals surface area contributed by atoms with Gasteiger partial charge in [0.1, 0.15) is 17.0 Å². The van der Waals surface area contributed by atoms with E-state index in [2.05, 4.69) is 13.5 Å². The molecule has 0 atom stereocenters. The van der Waals surface area contributed by atoms with Gasteiger partial charge < -0.3 is 4.42 Å². The highest BCUT2D eigenvalue weighted by molar-refractivity contribution is 6.07. The molecule has 1 heterocycles. The van der Waals surface area contributed by atoms with Gasteiger partial charge in [-0.1, -0.05) is 80.1 Å². The number of furan rings is 1. The first-order chi connectivity index (χ1) is 21.8. The zero-order chi connectivity index (χ0) is 31.7. The van der Waals surface area contributed by atoms with Crippen LogP contribution >= 0.6 is 0 Å². The second kappa shape index (κ2) is 12.7. The Balaban J connectivity index is 1.31. The zero-order valence-corrected chi connectivity index (χ0v) is 24.8. The van der Waals surface area contributed by atoms with Crippen LogP contribution in [0, 0.1) is 29.1 Å². The molecule has 0 saturated carbocycles. The molecule has 0 aliphatic carbocycles. The Morgan fingerprint density at radius 1 is 0.578 bits per heavy atom. The van der Waals surface area contributed by atoms with E-state index in [1.807, 2.05) is 30.3 Å². The average molecular weight is 611 g/mol. The summed E-state index contributed by atoms with van der Waals surface area (Å²) in [4.78, 5) is 0. The minimum Gasteiger partial charge on any atom is -0.456 e. The van der Waals surface area contributed by atoms with Gasteiger partial charge in [0, 0.05) is 11.1 Å². The summed E-state index contributed by atoms with van der Waals surface area (Å²) in [7, 11) is 0. The van der Waals surface area contributed by atoms with Crippen LogP contribution in [0.5, 0.6) is 0 Å². The lowest BCUT2D eigenvalue weighted by Gasteiger charge is -2.09. The Morgan fingerprint density at radius 2 is 1.16 bits per heavy atom. The van der Waals surface area contributed by atoms with Crippen molar-refractivity contribution in [2.45, 2.75) is 45.4 Å². The molecule has 6 heteroatoms. The maximum absolute atomic E-state index is 15.5. The Morgan fingerprint density at radius 3 is 1.78 bits per heavy atom. The van der Waals surface area contributed by atoms with E-state index in [-0.39, 0.29) is 34.5 Å². The van der Waals surface area contributed by atoms with Gasteiger partial charge in [-0.15, -0.1) is 6.58 Å². The van der Waals surface area contributed by atoms with E-state index in [4.69, 9.17) is 4.42 Å². The van der Waals surface area contributed by atoms with Crippen molar-refractivity contribution in [3.8, 4) is 22.3 Å². The first-order valence-corrected chi connectivity index (χ1v) is 15.1. The maximum atomic E-state index is 15.5. The summed E-state index contributed by atoms with van der Waals surface area (Å²) in [6.07, 6.45) is 5.88. The SMILES string of the molecule is C=CCCc1ccc(-c2ccc(-c3cc4oc5cc(CCc6ccc(CCC)cc6)c(F)c(F)c5c4c(F)c3F)cc2)c(F)c1. The monoisotopic (exact) mass is 610 g/mol. The molecule has 0 unspecified atom stereocenters. The number of aryl methyl sites for hydroxylation is 4. The van der Waals surface area contributed by atoms with Gasteiger partial charge in [-0.05, 0) is 83.7 Å². The van der Waals surface area contributed by atoms with Crippen LogP contribution < -0.4 is 0 Å². The normalized spacial score (nSPS) is 11.5. The molecule has 0 fully saturated rings. The van der Waals surface area contributed by atoms with Crippen LogP contribution in [-0.4, -0.2) is 0 Å². The topological polar surface area (TPSA) is 13.1 Å². The average Bonchev–Trinajstić information content (AvgIpc) is 3.42. The lowest BCUT2D eigenvalue weighted by Crippen LogP contribution is -1.99. The Hall–Kier alpha value is -4.71. The molecule has 0 bridgehead atoms. The van der Waals surface area contributed by atoms with Crippen molar-refractivity contribution in [3.05, 3.63) is 143 Å². The predicted octanol–water partition coefficient (Wildman–Crippen LogP) is 11.5. The fraction of sp³-hybridized carbons (Fsp3) is 0.179. The van der Waals surface area contributed by atoms with Crippen LogP contribution in [-0.2, 0) is 25.7 Å². The number of halogens is 5. The minimum absolute atomic E-state index is 0.0602. The molecule has 0 spiro atoms. The van der Waals surface area contributed by atoms with Gasteiger partial charge in [-0.25, -0.2) is 22.0 Å². The van der Waals surface area contributed by atoms with Gasteiger partial charge >= 0.3 is 0 Å². The van der Waals surface area contributed by atoms with E-state index in [9.17, 15) is 4.39 Å². The summed E-state index contributed by atoms with van der Waals surface area (Å²) in [5, 5.41) is -0.878. The standard InChI is InChI=1S/C39H31F5O/c1-3-5-7-25-13-19-29(31(40)20-25)26-15-17-27(18-16-26)30-22-33-35(39(44)37(30)42)34-32(45-33)21-28(36(41)38(34)43)14-12-24-10-8-23(6-4-2)9-11-24/h3,8-11,13,15-22H,1,4-7,12,14H2,2H3. The van der Waals surface area contributed by atoms with Gasteiger partial charge in [0.2, 0.25) is 0 Å². The fourth-order valence-electron chi connectivity index (χ4n) is 5.88. The van der Waals surface area contributed by atoms with Crippen molar-refractivity contribution in [2.24, 2.45) is 0 Å². The molecule has 5 aromatic carbocycles. The van der Waals surface area contributed by atoms with Gasteiger partial charge in [-0.3, -0.25) is 0 Å². The number of fused-ring (bicyclic) bond motifs is 3. The summed E-state index contributed by atoms with van der Waals surface area (Å²) in [6, 6.07) is 22.0. The van der Waals surface area contributed by atoms with Crippen molar-refractivity contribution in [3.63, 3.8) is 0 Å². The van der Waals surface area contributed by atoms with Crippen LogP contribution in [0.2, 0.25) is 0 Å². The van der Waals surface area contributed by atoms with Crippen molar-refractivity contribution in [1.82, 2.24) is 0 Å². The summed E-state index contributed by atoms with van der Waals surface area (Å²) in [5.41, 5.74) is 4.12. The summed E-state index contributed by atoms with van der Waals surface area (Å²) >= 11 is 0. The van der Waals surface area contributed by atoms with Gasteiger partial charge in [0.15, 0.2) is 23.3 Å². The van der Waals surface area contributed by atoms with Crippen LogP contribution in [0.25, 0.3) is 44.2 Å². The fourth-order valence-corrected chi connectivity index (χ4v) is 5.88. The van der Waals surface area contributed by atoms with E-state index in [0.717, 1.165) is 30.4 Å². The van der Waals surface area contributed by atoms with Crippen LogP contribution in [0.4, 0.5) is 22.0 Å². The highest BCUT2D eigenvalue weighted by atomic mass is 19.2. The van der Waals surface area contributed by atoms with Crippen molar-refractivity contribution in [2.75, 3.05) is 0 Å². The molecular weight excluding hydrogens is 579 g/mol. The lowest BCUT2D eigenvalue weighted by molar-refractivity contribution is 0.504. The predicted molar refractivity (Wildman–Crippen MR) is 171 cm³/mol. The molecular formula is C39H31F5O. The first kappa shape index (κ1) is 30.3. The highest BCUT2D eigenvalue weighted by Crippen LogP contribution is 2.40. The molecule has 6 aromatic rings. The zero-order valence-electron chi connectivity index (χ0n) is 24.8. The van der Waals surface area contributed by atoms with E-state index >= 15 is 17.6 Å². The molecule has 1 nitrogen and oxygen atoms in total. The molecule has 0 saturated heterocycles. The molecule has 0 aliphatic rings. The Kier molecular flexibility index (Phi) is 8.57. The smallest absolute Gasteiger partial charge is 0.171 e. The molecule has 0 N–H and O–H groups in total. The van der Waals surface area contributed by atoms with Gasteiger partial charge in [0.25, 0.3) is 0 Å². The third-order valence-electron chi connectivity index (χ3n) is 8.31. The maximum Gasteiger partial charge on any atom is 0.171 e. The van der Waals surface area contributed by atoms with Crippen molar-refractivity contribution < 1.29 is 26.4 Å². The van der Waals surface area contributed by atoms with Gasteiger partial charge in [0.05, 0.1) is 10.8 Å². The lowest BCUT2D eigenvalue weighted by atomic mass is 9.97. The van der Waals surface area contributed by atoms with Crippen LogP contribution in [0.1, 0.15) is 42.0 Å². The molecule has 228 valence electrons. The number of benzene rings is 5. The van der Waals surface area contributed by atoms with Crippen molar-refractivity contribution in [1.29, 1.82) is 0 Å². The van der Waals surface area contributed by atoms with Gasteiger partial charge in [-0.2, -0.15) is 0 Å². The number of hydrogen-bond donors (Lipinski definition) is 0. The molecule has 0 radical (unpaired) electrons. The van der Waals surface area contributed by atoms with E-state index in [1.165, 1.54) is 23.8 Å². The Bertz CT molecular complexity index is 2020. The van der Waals surface area contributed by atoms with E-state index in [1.54, 1.807) is 36.4 Å². The quantitative estimate of drug-likeness (QED) is 0.111. The molecule has 0 aliphatic heterocycles. The molecule has 45 heavy (non-hydrogen) atoms. The number of allylic oxidation sites excluding steroid dienone is 1. The third-order valence-corrected chi connectivity index (χ3v) is 8.31. The van der Waals surface area contributed by atoms with E-state index in [0.29, 0.717) is 29.5 Å². The summed E-state index contributed by atoms with van der Waals surface area (Å²) < 4.78 is 82.2. The summed E-state index contributed by atoms with van der Waals surface area (Å²) in [5.74, 6) is -5.31. The second-order valence-electron chi connectivity index (χ2n) is 11.3. The van der Waals surface area contributed by atoms with Crippen molar-refractivity contribution >= 4 is 21.9 Å². The third kappa shape index (κ3) is 5.89. The molecule has 6 rings (SSSR count). The highest BCUT2D eigenvalue weighted by Gasteiger charge is 2.25. The minimum atomic E-state index is -1.33. The molecule has 1 aromatic heterocycles. The largest absolute Gasteiger partial charge is 0.456 e. The second-order valence-corrected chi connectivity index (χ2v) is 11.3. The first-order valence-electron chi connectivity index (χ1n) is 15.1. The number of hydrogen-bond acceptors (Lipinski definition) is 1. The van der Waals surface area contributed by atoms with Crippen LogP contribution in [0.15, 0.2) is 95.9 Å². The van der Waals surface area contributed by atoms with Crippen LogP contribution in [0.3, 0.4) is 0 Å². The molecule has 0 amide bonds. The van der Waals surface area contributed by atoms with E-state index < -0.39 is 34.0 Å². The Labute approximate surface area is 258 Å². The summed E-state index contributed by atoms with van der Waals surface area (Å²) in [6.45, 7) is 5.79. The number of rotatable bonds is 10.